The molecule has 2 unspecified atom stereocenters. The minimum atomic E-state index is -0.0929. The van der Waals surface area contributed by atoms with Crippen LogP contribution in [0.3, 0.4) is 0 Å². The Hall–Kier alpha value is -1.34. The standard InChI is InChI=1S/C13H13BrN2O/c14-11-6-4-9(5-7-11)13(17)16-12-3-1-2-10(12)8-15/h4-7,10,12H,1-3H2,(H,16,17). The number of rotatable bonds is 2. The highest BCUT2D eigenvalue weighted by Crippen LogP contribution is 2.25. The largest absolute Gasteiger partial charge is 0.348 e. The molecule has 2 rings (SSSR count). The maximum atomic E-state index is 11.9. The molecule has 2 atom stereocenters. The predicted octanol–water partition coefficient (Wildman–Crippen LogP) is 2.87. The van der Waals surface area contributed by atoms with E-state index in [0.29, 0.717) is 5.56 Å². The summed E-state index contributed by atoms with van der Waals surface area (Å²) in [5.74, 6) is -0.126. The van der Waals surface area contributed by atoms with Gasteiger partial charge >= 0.3 is 0 Å². The van der Waals surface area contributed by atoms with Crippen LogP contribution in [0.4, 0.5) is 0 Å². The molecule has 1 N–H and O–H groups in total. The molecule has 17 heavy (non-hydrogen) atoms. The molecule has 4 heteroatoms. The van der Waals surface area contributed by atoms with E-state index in [1.807, 2.05) is 12.1 Å². The number of halogens is 1. The van der Waals surface area contributed by atoms with Gasteiger partial charge in [-0.1, -0.05) is 15.9 Å². The zero-order valence-corrected chi connectivity index (χ0v) is 10.9. The van der Waals surface area contributed by atoms with Crippen LogP contribution >= 0.6 is 15.9 Å². The van der Waals surface area contributed by atoms with E-state index >= 15 is 0 Å². The minimum Gasteiger partial charge on any atom is -0.348 e. The van der Waals surface area contributed by atoms with Gasteiger partial charge in [0.25, 0.3) is 5.91 Å². The summed E-state index contributed by atoms with van der Waals surface area (Å²) in [6.45, 7) is 0. The van der Waals surface area contributed by atoms with Crippen LogP contribution < -0.4 is 5.32 Å². The van der Waals surface area contributed by atoms with E-state index in [4.69, 9.17) is 5.26 Å². The molecule has 1 amide bonds. The lowest BCUT2D eigenvalue weighted by atomic mass is 10.1. The molecule has 1 fully saturated rings. The molecule has 1 aliphatic carbocycles. The number of benzene rings is 1. The molecular weight excluding hydrogens is 280 g/mol. The van der Waals surface area contributed by atoms with Gasteiger partial charge < -0.3 is 5.32 Å². The zero-order chi connectivity index (χ0) is 12.3. The Labute approximate surface area is 109 Å². The third-order valence-electron chi connectivity index (χ3n) is 3.10. The second-order valence-corrected chi connectivity index (χ2v) is 5.17. The summed E-state index contributed by atoms with van der Waals surface area (Å²) in [5.41, 5.74) is 0.636. The molecule has 88 valence electrons. The highest BCUT2D eigenvalue weighted by molar-refractivity contribution is 9.10. The van der Waals surface area contributed by atoms with E-state index in [9.17, 15) is 4.79 Å². The maximum absolute atomic E-state index is 11.9. The Morgan fingerprint density at radius 3 is 2.71 bits per heavy atom. The second kappa shape index (κ2) is 5.33. The number of amides is 1. The average molecular weight is 293 g/mol. The molecule has 0 bridgehead atoms. The number of nitriles is 1. The predicted molar refractivity (Wildman–Crippen MR) is 68.4 cm³/mol. The van der Waals surface area contributed by atoms with Gasteiger partial charge in [-0.15, -0.1) is 0 Å². The molecule has 0 aliphatic heterocycles. The molecule has 1 aromatic rings. The van der Waals surface area contributed by atoms with Crippen molar-refractivity contribution in [1.82, 2.24) is 5.32 Å². The summed E-state index contributed by atoms with van der Waals surface area (Å²) >= 11 is 3.33. The van der Waals surface area contributed by atoms with Crippen LogP contribution in [0.25, 0.3) is 0 Å². The van der Waals surface area contributed by atoms with Gasteiger partial charge in [-0.3, -0.25) is 4.79 Å². The fraction of sp³-hybridized carbons (Fsp3) is 0.385. The molecule has 0 heterocycles. The highest BCUT2D eigenvalue weighted by atomic mass is 79.9. The van der Waals surface area contributed by atoms with Crippen molar-refractivity contribution in [3.63, 3.8) is 0 Å². The summed E-state index contributed by atoms with van der Waals surface area (Å²) < 4.78 is 0.949. The number of carbonyl (C=O) groups excluding carboxylic acids is 1. The van der Waals surface area contributed by atoms with Crippen molar-refractivity contribution in [3.8, 4) is 6.07 Å². The SMILES string of the molecule is N#CC1CCCC1NC(=O)c1ccc(Br)cc1. The van der Waals surface area contributed by atoms with Crippen molar-refractivity contribution >= 4 is 21.8 Å². The number of nitrogens with zero attached hydrogens (tertiary/aromatic N) is 1. The van der Waals surface area contributed by atoms with Crippen molar-refractivity contribution in [2.75, 3.05) is 0 Å². The lowest BCUT2D eigenvalue weighted by Crippen LogP contribution is -2.36. The Morgan fingerprint density at radius 1 is 1.35 bits per heavy atom. The molecule has 1 saturated carbocycles. The molecule has 1 aliphatic rings. The van der Waals surface area contributed by atoms with Crippen LogP contribution in [-0.2, 0) is 0 Å². The van der Waals surface area contributed by atoms with Gasteiger partial charge in [-0.25, -0.2) is 0 Å². The van der Waals surface area contributed by atoms with Crippen LogP contribution in [-0.4, -0.2) is 11.9 Å². The van der Waals surface area contributed by atoms with E-state index in [1.165, 1.54) is 0 Å². The van der Waals surface area contributed by atoms with E-state index < -0.39 is 0 Å². The van der Waals surface area contributed by atoms with Crippen molar-refractivity contribution in [2.45, 2.75) is 25.3 Å². The van der Waals surface area contributed by atoms with Crippen molar-refractivity contribution in [2.24, 2.45) is 5.92 Å². The van der Waals surface area contributed by atoms with E-state index in [2.05, 4.69) is 27.3 Å². The van der Waals surface area contributed by atoms with Gasteiger partial charge in [-0.05, 0) is 43.5 Å². The molecule has 0 aromatic heterocycles. The Kier molecular flexibility index (Phi) is 3.80. The minimum absolute atomic E-state index is 0.0103. The monoisotopic (exact) mass is 292 g/mol. The molecule has 0 radical (unpaired) electrons. The van der Waals surface area contributed by atoms with Gasteiger partial charge in [0.05, 0.1) is 12.0 Å². The smallest absolute Gasteiger partial charge is 0.251 e. The van der Waals surface area contributed by atoms with Crippen LogP contribution in [0.15, 0.2) is 28.7 Å². The Bertz CT molecular complexity index is 449. The van der Waals surface area contributed by atoms with E-state index in [0.717, 1.165) is 23.7 Å². The summed E-state index contributed by atoms with van der Waals surface area (Å²) in [5, 5.41) is 11.9. The third-order valence-corrected chi connectivity index (χ3v) is 3.63. The van der Waals surface area contributed by atoms with Gasteiger partial charge in [0.1, 0.15) is 0 Å². The van der Waals surface area contributed by atoms with Crippen molar-refractivity contribution < 1.29 is 4.79 Å². The summed E-state index contributed by atoms with van der Waals surface area (Å²) in [7, 11) is 0. The first kappa shape index (κ1) is 12.1. The van der Waals surface area contributed by atoms with Gasteiger partial charge in [0.2, 0.25) is 0 Å². The Morgan fingerprint density at radius 2 is 2.06 bits per heavy atom. The highest BCUT2D eigenvalue weighted by Gasteiger charge is 2.28. The van der Waals surface area contributed by atoms with Crippen molar-refractivity contribution in [1.29, 1.82) is 5.26 Å². The lowest BCUT2D eigenvalue weighted by Gasteiger charge is -2.15. The number of nitrogens with one attached hydrogen (secondary N) is 1. The molecule has 0 saturated heterocycles. The molecule has 3 nitrogen and oxygen atoms in total. The first-order chi connectivity index (χ1) is 8.20. The van der Waals surface area contributed by atoms with Gasteiger partial charge in [0.15, 0.2) is 0 Å². The fourth-order valence-corrected chi connectivity index (χ4v) is 2.40. The van der Waals surface area contributed by atoms with Crippen LogP contribution in [0.5, 0.6) is 0 Å². The third kappa shape index (κ3) is 2.86. The quantitative estimate of drug-likeness (QED) is 0.911. The Balaban J connectivity index is 2.02. The lowest BCUT2D eigenvalue weighted by molar-refractivity contribution is 0.0933. The summed E-state index contributed by atoms with van der Waals surface area (Å²) in [4.78, 5) is 11.9. The van der Waals surface area contributed by atoms with Crippen LogP contribution in [0, 0.1) is 17.2 Å². The number of hydrogen-bond acceptors (Lipinski definition) is 2. The first-order valence-electron chi connectivity index (χ1n) is 5.67. The summed E-state index contributed by atoms with van der Waals surface area (Å²) in [6.07, 6.45) is 2.81. The first-order valence-corrected chi connectivity index (χ1v) is 6.46. The second-order valence-electron chi connectivity index (χ2n) is 4.25. The number of carbonyl (C=O) groups is 1. The molecule has 1 aromatic carbocycles. The van der Waals surface area contributed by atoms with Crippen LogP contribution in [0.1, 0.15) is 29.6 Å². The van der Waals surface area contributed by atoms with Crippen molar-refractivity contribution in [3.05, 3.63) is 34.3 Å². The topological polar surface area (TPSA) is 52.9 Å². The fourth-order valence-electron chi connectivity index (χ4n) is 2.14. The normalized spacial score (nSPS) is 23.1. The average Bonchev–Trinajstić information content (AvgIpc) is 2.77. The van der Waals surface area contributed by atoms with Crippen LogP contribution in [0.2, 0.25) is 0 Å². The van der Waals surface area contributed by atoms with E-state index in [-0.39, 0.29) is 17.9 Å². The number of hydrogen-bond donors (Lipinski definition) is 1. The van der Waals surface area contributed by atoms with Gasteiger partial charge in [-0.2, -0.15) is 5.26 Å². The van der Waals surface area contributed by atoms with E-state index in [1.54, 1.807) is 12.1 Å². The molecule has 0 spiro atoms. The van der Waals surface area contributed by atoms with Gasteiger partial charge in [0, 0.05) is 16.1 Å². The zero-order valence-electron chi connectivity index (χ0n) is 9.32. The summed E-state index contributed by atoms with van der Waals surface area (Å²) in [6, 6.07) is 9.49. The maximum Gasteiger partial charge on any atom is 0.251 e. The molecular formula is C13H13BrN2O.